The van der Waals surface area contributed by atoms with E-state index in [1.54, 1.807) is 11.3 Å². The number of aromatic nitrogens is 1. The fourth-order valence-corrected chi connectivity index (χ4v) is 1.91. The van der Waals surface area contributed by atoms with Gasteiger partial charge in [0.2, 0.25) is 10.5 Å². The molecule has 0 atom stereocenters. The van der Waals surface area contributed by atoms with E-state index in [2.05, 4.69) is 30.1 Å². The molecule has 0 bridgehead atoms. The van der Waals surface area contributed by atoms with Crippen LogP contribution in [-0.2, 0) is 4.79 Å². The van der Waals surface area contributed by atoms with Crippen LogP contribution in [0.5, 0.6) is 0 Å². The lowest BCUT2D eigenvalue weighted by molar-refractivity contribution is -0.347. The number of benzene rings is 1. The van der Waals surface area contributed by atoms with E-state index in [0.717, 1.165) is 0 Å². The Kier molecular flexibility index (Phi) is 4.06. The van der Waals surface area contributed by atoms with Gasteiger partial charge in [-0.05, 0) is 6.07 Å². The van der Waals surface area contributed by atoms with Gasteiger partial charge in [-0.15, -0.1) is 0 Å². The lowest BCUT2D eigenvalue weighted by Crippen LogP contribution is -2.37. The van der Waals surface area contributed by atoms with Crippen LogP contribution in [0.3, 0.4) is 0 Å². The van der Waals surface area contributed by atoms with Gasteiger partial charge in [-0.3, -0.25) is 0 Å². The smallest absolute Gasteiger partial charge is 0.430 e. The number of carbonyl (C=O) groups excluding carboxylic acids is 1. The molecule has 0 aliphatic rings. The third-order valence-corrected chi connectivity index (χ3v) is 2.68. The number of aromatic amines is 1. The minimum atomic E-state index is -5.19. The van der Waals surface area contributed by atoms with Gasteiger partial charge in [0.15, 0.2) is 0 Å². The van der Waals surface area contributed by atoms with Crippen LogP contribution in [0.4, 0.5) is 13.2 Å². The van der Waals surface area contributed by atoms with Crippen LogP contribution in [0.15, 0.2) is 24.3 Å². The summed E-state index contributed by atoms with van der Waals surface area (Å²) in [6.45, 7) is 2.09. The molecule has 1 heterocycles. The van der Waals surface area contributed by atoms with Crippen LogP contribution >= 0.6 is 11.3 Å². The Balaban J connectivity index is 0.000000185. The van der Waals surface area contributed by atoms with Crippen molar-refractivity contribution in [2.24, 2.45) is 0 Å². The predicted molar refractivity (Wildman–Crippen MR) is 54.2 cm³/mol. The molecular weight excluding hydrogens is 255 g/mol. The molecule has 2 aromatic rings. The molecule has 2 rings (SSSR count). The molecule has 0 unspecified atom stereocenters. The van der Waals surface area contributed by atoms with Crippen molar-refractivity contribution in [1.82, 2.24) is 0 Å². The summed E-state index contributed by atoms with van der Waals surface area (Å²) in [5, 5.41) is 10.0. The second kappa shape index (κ2) is 5.13. The van der Waals surface area contributed by atoms with E-state index in [4.69, 9.17) is 9.90 Å². The van der Waals surface area contributed by atoms with Gasteiger partial charge in [-0.25, -0.2) is 0 Å². The van der Waals surface area contributed by atoms with Crippen LogP contribution in [0.2, 0.25) is 0 Å². The van der Waals surface area contributed by atoms with Gasteiger partial charge in [-0.1, -0.05) is 23.5 Å². The van der Waals surface area contributed by atoms with E-state index in [1.807, 2.05) is 6.07 Å². The molecule has 1 aromatic carbocycles. The Bertz CT molecular complexity index is 488. The van der Waals surface area contributed by atoms with Crippen molar-refractivity contribution < 1.29 is 28.1 Å². The summed E-state index contributed by atoms with van der Waals surface area (Å²) in [7, 11) is 0. The van der Waals surface area contributed by atoms with Crippen molar-refractivity contribution in [3.8, 4) is 0 Å². The molecule has 7 heteroatoms. The first kappa shape index (κ1) is 13.4. The van der Waals surface area contributed by atoms with Gasteiger partial charge in [0.05, 0.1) is 0 Å². The average Bonchev–Trinajstić information content (AvgIpc) is 2.57. The van der Waals surface area contributed by atoms with E-state index in [-0.39, 0.29) is 0 Å². The Morgan fingerprint density at radius 2 is 1.88 bits per heavy atom. The van der Waals surface area contributed by atoms with Gasteiger partial charge < -0.3 is 9.90 Å². The summed E-state index contributed by atoms with van der Waals surface area (Å²) < 4.78 is 32.9. The lowest BCUT2D eigenvalue weighted by Gasteiger charge is -2.03. The SMILES string of the molecule is Cc1[nH+]c2ccccc2s1.O=C([O-])C(F)(F)F. The van der Waals surface area contributed by atoms with Crippen LogP contribution in [0.1, 0.15) is 5.01 Å². The van der Waals surface area contributed by atoms with Crippen molar-refractivity contribution in [1.29, 1.82) is 0 Å². The molecule has 0 aliphatic heterocycles. The van der Waals surface area contributed by atoms with E-state index in [1.165, 1.54) is 15.2 Å². The molecule has 0 spiro atoms. The minimum absolute atomic E-state index is 1.24. The van der Waals surface area contributed by atoms with Crippen LogP contribution < -0.4 is 10.1 Å². The molecule has 0 fully saturated rings. The summed E-state index contributed by atoms with van der Waals surface area (Å²) in [4.78, 5) is 12.1. The zero-order chi connectivity index (χ0) is 13.1. The molecule has 0 saturated carbocycles. The van der Waals surface area contributed by atoms with E-state index < -0.39 is 12.1 Å². The van der Waals surface area contributed by atoms with E-state index in [9.17, 15) is 13.2 Å². The topological polar surface area (TPSA) is 54.3 Å². The Morgan fingerprint density at radius 1 is 1.35 bits per heavy atom. The second-order valence-electron chi connectivity index (χ2n) is 3.06. The van der Waals surface area contributed by atoms with Gasteiger partial charge in [0.1, 0.15) is 10.7 Å². The number of aryl methyl sites for hydroxylation is 1. The quantitative estimate of drug-likeness (QED) is 0.720. The number of carboxylic acid groups (broad SMARTS) is 1. The standard InChI is InChI=1S/C8H7NS.C2HF3O2/c1-6-9-7-4-2-3-5-8(7)10-6;3-2(4,5)1(6)7/h2-5H,1H3;(H,6,7). The number of aliphatic carboxylic acids is 1. The first-order valence-corrected chi connectivity index (χ1v) is 5.28. The first-order valence-electron chi connectivity index (χ1n) is 4.46. The fourth-order valence-electron chi connectivity index (χ4n) is 1.04. The van der Waals surface area contributed by atoms with Crippen LogP contribution in [0, 0.1) is 6.92 Å². The highest BCUT2D eigenvalue weighted by atomic mass is 32.1. The van der Waals surface area contributed by atoms with Crippen molar-refractivity contribution in [2.75, 3.05) is 0 Å². The number of carbonyl (C=O) groups is 1. The Morgan fingerprint density at radius 3 is 2.35 bits per heavy atom. The van der Waals surface area contributed by atoms with E-state index >= 15 is 0 Å². The number of hydrogen-bond acceptors (Lipinski definition) is 3. The number of para-hydroxylation sites is 1. The van der Waals surface area contributed by atoms with Crippen molar-refractivity contribution in [3.05, 3.63) is 29.3 Å². The zero-order valence-electron chi connectivity index (χ0n) is 8.67. The molecule has 0 saturated heterocycles. The molecule has 0 aliphatic carbocycles. The molecule has 0 radical (unpaired) electrons. The second-order valence-corrected chi connectivity index (χ2v) is 4.32. The molecular formula is C10H8F3NO2S. The van der Waals surface area contributed by atoms with Crippen molar-refractivity contribution >= 4 is 27.5 Å². The normalized spacial score (nSPS) is 10.8. The summed E-state index contributed by atoms with van der Waals surface area (Å²) in [5.41, 5.74) is 1.24. The number of H-pyrrole nitrogens is 1. The number of nitrogens with one attached hydrogen (secondary N) is 1. The van der Waals surface area contributed by atoms with Crippen LogP contribution in [-0.4, -0.2) is 12.1 Å². The fraction of sp³-hybridized carbons (Fsp3) is 0.200. The zero-order valence-corrected chi connectivity index (χ0v) is 9.48. The number of thiazole rings is 1. The summed E-state index contributed by atoms with van der Waals surface area (Å²) in [6, 6.07) is 8.33. The highest BCUT2D eigenvalue weighted by Gasteiger charge is 2.28. The lowest BCUT2D eigenvalue weighted by atomic mass is 10.3. The highest BCUT2D eigenvalue weighted by Crippen LogP contribution is 2.16. The first-order chi connectivity index (χ1) is 7.80. The van der Waals surface area contributed by atoms with E-state index in [0.29, 0.717) is 0 Å². The molecule has 17 heavy (non-hydrogen) atoms. The molecule has 3 nitrogen and oxygen atoms in total. The number of rotatable bonds is 0. The molecule has 92 valence electrons. The average molecular weight is 263 g/mol. The third-order valence-electron chi connectivity index (χ3n) is 1.69. The number of hydrogen-bond donors (Lipinski definition) is 0. The molecule has 1 N–H and O–H groups in total. The Hall–Kier alpha value is -1.63. The van der Waals surface area contributed by atoms with Gasteiger partial charge >= 0.3 is 6.18 Å². The van der Waals surface area contributed by atoms with Gasteiger partial charge in [-0.2, -0.15) is 18.2 Å². The Labute approximate surface area is 98.5 Å². The third kappa shape index (κ3) is 4.03. The summed E-state index contributed by atoms with van der Waals surface area (Å²) in [6.07, 6.45) is -5.19. The van der Waals surface area contributed by atoms with Gasteiger partial charge in [0, 0.05) is 13.0 Å². The van der Waals surface area contributed by atoms with Crippen LogP contribution in [0.25, 0.3) is 10.2 Å². The number of alkyl halides is 3. The molecule has 1 aromatic heterocycles. The minimum Gasteiger partial charge on any atom is -0.542 e. The number of carboxylic acids is 1. The molecule has 0 amide bonds. The monoisotopic (exact) mass is 263 g/mol. The maximum Gasteiger partial charge on any atom is 0.430 e. The number of fused-ring (bicyclic) bond motifs is 1. The maximum absolute atomic E-state index is 10.5. The van der Waals surface area contributed by atoms with Gasteiger partial charge in [0.25, 0.3) is 0 Å². The largest absolute Gasteiger partial charge is 0.542 e. The number of halogens is 3. The highest BCUT2D eigenvalue weighted by molar-refractivity contribution is 7.18. The summed E-state index contributed by atoms with van der Waals surface area (Å²) >= 11 is 1.80. The predicted octanol–water partition coefficient (Wildman–Crippen LogP) is 1.32. The van der Waals surface area contributed by atoms with Crippen molar-refractivity contribution in [2.45, 2.75) is 13.1 Å². The van der Waals surface area contributed by atoms with Crippen molar-refractivity contribution in [3.63, 3.8) is 0 Å². The maximum atomic E-state index is 10.5. The summed E-state index contributed by atoms with van der Waals surface area (Å²) in [5.74, 6) is -3.01.